The van der Waals surface area contributed by atoms with Crippen LogP contribution in [0.5, 0.6) is 0 Å². The first kappa shape index (κ1) is 9.96. The quantitative estimate of drug-likeness (QED) is 0.595. The number of carbonyl (C=O) groups is 1. The van der Waals surface area contributed by atoms with Crippen LogP contribution >= 0.6 is 0 Å². The van der Waals surface area contributed by atoms with E-state index in [1.54, 1.807) is 11.8 Å². The molecule has 1 aliphatic rings. The van der Waals surface area contributed by atoms with Gasteiger partial charge in [0.25, 0.3) is 0 Å². The van der Waals surface area contributed by atoms with Gasteiger partial charge in [0.05, 0.1) is 25.3 Å². The Kier molecular flexibility index (Phi) is 3.23. The van der Waals surface area contributed by atoms with Gasteiger partial charge in [-0.15, -0.1) is 0 Å². The molecule has 5 nitrogen and oxygen atoms in total. The maximum Gasteiger partial charge on any atom is 0.323 e. The van der Waals surface area contributed by atoms with Gasteiger partial charge in [0.2, 0.25) is 0 Å². The van der Waals surface area contributed by atoms with E-state index in [1.807, 2.05) is 6.07 Å². The van der Waals surface area contributed by atoms with Gasteiger partial charge in [-0.2, -0.15) is 5.26 Å². The van der Waals surface area contributed by atoms with Crippen molar-refractivity contribution < 1.29 is 14.6 Å². The minimum absolute atomic E-state index is 0.144. The Balaban J connectivity index is 2.69. The van der Waals surface area contributed by atoms with Gasteiger partial charge < -0.3 is 9.84 Å². The maximum absolute atomic E-state index is 10.8. The summed E-state index contributed by atoms with van der Waals surface area (Å²) in [6.07, 6.45) is -0.348. The third-order valence-corrected chi connectivity index (χ3v) is 2.12. The van der Waals surface area contributed by atoms with Gasteiger partial charge in [-0.1, -0.05) is 0 Å². The molecule has 0 aromatic carbocycles. The van der Waals surface area contributed by atoms with Crippen LogP contribution in [-0.2, 0) is 9.53 Å². The van der Waals surface area contributed by atoms with Crippen LogP contribution < -0.4 is 0 Å². The summed E-state index contributed by atoms with van der Waals surface area (Å²) in [7, 11) is 0. The zero-order chi connectivity index (χ0) is 9.84. The number of hydrogen-bond acceptors (Lipinski definition) is 4. The molecule has 0 aliphatic carbocycles. The highest BCUT2D eigenvalue weighted by Crippen LogP contribution is 2.13. The maximum atomic E-state index is 10.8. The first-order valence-electron chi connectivity index (χ1n) is 4.12. The first-order valence-corrected chi connectivity index (χ1v) is 4.12. The summed E-state index contributed by atoms with van der Waals surface area (Å²) in [6, 6.07) is 1.26. The predicted molar refractivity (Wildman–Crippen MR) is 44.0 cm³/mol. The van der Waals surface area contributed by atoms with Crippen molar-refractivity contribution in [2.75, 3.05) is 19.7 Å². The van der Waals surface area contributed by atoms with E-state index >= 15 is 0 Å². The highest BCUT2D eigenvalue weighted by Gasteiger charge is 2.34. The second-order valence-corrected chi connectivity index (χ2v) is 2.99. The van der Waals surface area contributed by atoms with Crippen molar-refractivity contribution in [1.29, 1.82) is 5.26 Å². The molecule has 1 saturated heterocycles. The molecule has 0 aromatic heterocycles. The van der Waals surface area contributed by atoms with Gasteiger partial charge in [0, 0.05) is 6.54 Å². The largest absolute Gasteiger partial charge is 0.480 e. The smallest absolute Gasteiger partial charge is 0.323 e. The Hall–Kier alpha value is -1.12. The number of hydrogen-bond donors (Lipinski definition) is 1. The number of ether oxygens (including phenoxy) is 1. The SMILES string of the molecule is CC1OCCN(CC#N)C1C(=O)O. The molecule has 0 spiro atoms. The average Bonchev–Trinajstić information content (AvgIpc) is 2.04. The third-order valence-electron chi connectivity index (χ3n) is 2.12. The highest BCUT2D eigenvalue weighted by atomic mass is 16.5. The normalized spacial score (nSPS) is 29.5. The van der Waals surface area contributed by atoms with E-state index in [1.165, 1.54) is 0 Å². The van der Waals surface area contributed by atoms with Crippen LogP contribution in [0.4, 0.5) is 0 Å². The van der Waals surface area contributed by atoms with Crippen LogP contribution in [0.1, 0.15) is 6.92 Å². The lowest BCUT2D eigenvalue weighted by atomic mass is 10.1. The van der Waals surface area contributed by atoms with E-state index in [9.17, 15) is 4.79 Å². The first-order chi connectivity index (χ1) is 6.16. The van der Waals surface area contributed by atoms with Crippen LogP contribution in [-0.4, -0.2) is 47.8 Å². The number of morpholine rings is 1. The molecule has 0 saturated carbocycles. The molecule has 0 bridgehead atoms. The minimum Gasteiger partial charge on any atom is -0.480 e. The molecule has 1 N–H and O–H groups in total. The van der Waals surface area contributed by atoms with Gasteiger partial charge in [0.15, 0.2) is 0 Å². The summed E-state index contributed by atoms with van der Waals surface area (Å²) < 4.78 is 5.20. The second kappa shape index (κ2) is 4.21. The Morgan fingerprint density at radius 1 is 1.85 bits per heavy atom. The fraction of sp³-hybridized carbons (Fsp3) is 0.750. The van der Waals surface area contributed by atoms with E-state index in [2.05, 4.69) is 0 Å². The van der Waals surface area contributed by atoms with Crippen molar-refractivity contribution in [3.05, 3.63) is 0 Å². The number of aliphatic carboxylic acids is 1. The van der Waals surface area contributed by atoms with Crippen molar-refractivity contribution in [2.24, 2.45) is 0 Å². The molecule has 2 atom stereocenters. The standard InChI is InChI=1S/C8H12N2O3/c1-6-7(8(11)12)10(3-2-9)4-5-13-6/h6-7H,3-5H2,1H3,(H,11,12). The van der Waals surface area contributed by atoms with Crippen molar-refractivity contribution in [3.8, 4) is 6.07 Å². The van der Waals surface area contributed by atoms with E-state index in [4.69, 9.17) is 15.1 Å². The molecule has 13 heavy (non-hydrogen) atoms. The van der Waals surface area contributed by atoms with Crippen LogP contribution in [0.25, 0.3) is 0 Å². The summed E-state index contributed by atoms with van der Waals surface area (Å²) in [6.45, 7) is 2.86. The third kappa shape index (κ3) is 2.17. The van der Waals surface area contributed by atoms with Crippen molar-refractivity contribution >= 4 is 5.97 Å². The Morgan fingerprint density at radius 3 is 3.08 bits per heavy atom. The molecule has 1 fully saturated rings. The van der Waals surface area contributed by atoms with Gasteiger partial charge in [0.1, 0.15) is 6.04 Å². The van der Waals surface area contributed by atoms with Gasteiger partial charge >= 0.3 is 5.97 Å². The molecule has 1 heterocycles. The fourth-order valence-corrected chi connectivity index (χ4v) is 1.51. The summed E-state index contributed by atoms with van der Waals surface area (Å²) in [5.74, 6) is -0.928. The topological polar surface area (TPSA) is 73.6 Å². The molecule has 72 valence electrons. The lowest BCUT2D eigenvalue weighted by Gasteiger charge is -2.35. The zero-order valence-electron chi connectivity index (χ0n) is 7.43. The molecule has 5 heteroatoms. The highest BCUT2D eigenvalue weighted by molar-refractivity contribution is 5.74. The van der Waals surface area contributed by atoms with Gasteiger partial charge in [-0.05, 0) is 6.92 Å². The summed E-state index contributed by atoms with van der Waals surface area (Å²) in [5, 5.41) is 17.4. The molecule has 0 aromatic rings. The summed E-state index contributed by atoms with van der Waals surface area (Å²) in [4.78, 5) is 12.4. The molecule has 0 radical (unpaired) electrons. The molecule has 2 unspecified atom stereocenters. The van der Waals surface area contributed by atoms with Crippen molar-refractivity contribution in [2.45, 2.75) is 19.1 Å². The number of nitrogens with zero attached hydrogens (tertiary/aromatic N) is 2. The molecule has 0 amide bonds. The minimum atomic E-state index is -0.928. The summed E-state index contributed by atoms with van der Waals surface area (Å²) >= 11 is 0. The Labute approximate surface area is 76.5 Å². The van der Waals surface area contributed by atoms with Gasteiger partial charge in [-0.25, -0.2) is 0 Å². The van der Waals surface area contributed by atoms with Crippen LogP contribution in [0.3, 0.4) is 0 Å². The predicted octanol–water partition coefficient (Wildman–Crippen LogP) is -0.316. The average molecular weight is 184 g/mol. The number of carboxylic acid groups (broad SMARTS) is 1. The Bertz CT molecular complexity index is 236. The Morgan fingerprint density at radius 2 is 2.54 bits per heavy atom. The molecular weight excluding hydrogens is 172 g/mol. The number of carboxylic acids is 1. The second-order valence-electron chi connectivity index (χ2n) is 2.99. The van der Waals surface area contributed by atoms with Gasteiger partial charge in [-0.3, -0.25) is 9.69 Å². The number of nitriles is 1. The lowest BCUT2D eigenvalue weighted by Crippen LogP contribution is -2.54. The summed E-state index contributed by atoms with van der Waals surface area (Å²) in [5.41, 5.74) is 0. The zero-order valence-corrected chi connectivity index (χ0v) is 7.43. The van der Waals surface area contributed by atoms with E-state index < -0.39 is 12.0 Å². The molecule has 1 rings (SSSR count). The molecular formula is C8H12N2O3. The van der Waals surface area contributed by atoms with E-state index in [-0.39, 0.29) is 12.6 Å². The van der Waals surface area contributed by atoms with E-state index in [0.29, 0.717) is 13.2 Å². The van der Waals surface area contributed by atoms with Crippen molar-refractivity contribution in [1.82, 2.24) is 4.90 Å². The van der Waals surface area contributed by atoms with Crippen LogP contribution in [0, 0.1) is 11.3 Å². The number of rotatable bonds is 2. The monoisotopic (exact) mass is 184 g/mol. The van der Waals surface area contributed by atoms with Crippen LogP contribution in [0.15, 0.2) is 0 Å². The molecule has 1 aliphatic heterocycles. The van der Waals surface area contributed by atoms with Crippen molar-refractivity contribution in [3.63, 3.8) is 0 Å². The van der Waals surface area contributed by atoms with Crippen LogP contribution in [0.2, 0.25) is 0 Å². The van der Waals surface area contributed by atoms with E-state index in [0.717, 1.165) is 0 Å². The lowest BCUT2D eigenvalue weighted by molar-refractivity contribution is -0.154. The fourth-order valence-electron chi connectivity index (χ4n) is 1.51.